The number of carbonyl (C=O) groups is 1. The van der Waals surface area contributed by atoms with Gasteiger partial charge in [-0.3, -0.25) is 24.3 Å². The molecule has 1 aromatic heterocycles. The van der Waals surface area contributed by atoms with Gasteiger partial charge in [-0.05, 0) is 30.7 Å². The van der Waals surface area contributed by atoms with Crippen LogP contribution in [-0.2, 0) is 11.3 Å². The number of rotatable bonds is 3. The number of non-ortho nitro benzene ring substituents is 1. The van der Waals surface area contributed by atoms with Crippen LogP contribution in [-0.4, -0.2) is 38.4 Å². The molecule has 0 N–H and O–H groups in total. The third-order valence-corrected chi connectivity index (χ3v) is 5.97. The van der Waals surface area contributed by atoms with Crippen LogP contribution in [0.3, 0.4) is 0 Å². The Balaban J connectivity index is 1.54. The van der Waals surface area contributed by atoms with Crippen molar-refractivity contribution >= 4 is 22.5 Å². The van der Waals surface area contributed by atoms with Crippen LogP contribution in [0.15, 0.2) is 29.3 Å². The van der Waals surface area contributed by atoms with E-state index in [1.807, 2.05) is 4.90 Å². The first-order valence-corrected chi connectivity index (χ1v) is 9.44. The monoisotopic (exact) mass is 370 g/mol. The zero-order valence-electron chi connectivity index (χ0n) is 15.0. The molecule has 1 aromatic carbocycles. The molecule has 142 valence electrons. The molecule has 1 saturated carbocycles. The van der Waals surface area contributed by atoms with Crippen molar-refractivity contribution in [2.24, 2.45) is 11.8 Å². The largest absolute Gasteiger partial charge is 0.341 e. The first-order valence-electron chi connectivity index (χ1n) is 9.44. The van der Waals surface area contributed by atoms with Crippen molar-refractivity contribution in [3.8, 4) is 0 Å². The topological polar surface area (TPSA) is 98.3 Å². The Morgan fingerprint density at radius 3 is 2.78 bits per heavy atom. The molecule has 2 fully saturated rings. The Hall–Kier alpha value is -2.77. The van der Waals surface area contributed by atoms with E-state index in [2.05, 4.69) is 4.98 Å². The van der Waals surface area contributed by atoms with Gasteiger partial charge in [-0.1, -0.05) is 19.3 Å². The average Bonchev–Trinajstić information content (AvgIpc) is 2.69. The van der Waals surface area contributed by atoms with Crippen molar-refractivity contribution in [3.63, 3.8) is 0 Å². The lowest BCUT2D eigenvalue weighted by molar-refractivity contribution is -0.384. The number of amides is 1. The summed E-state index contributed by atoms with van der Waals surface area (Å²) in [6, 6.07) is 3.99. The lowest BCUT2D eigenvalue weighted by Crippen LogP contribution is -2.46. The molecule has 8 nitrogen and oxygen atoms in total. The van der Waals surface area contributed by atoms with Gasteiger partial charge >= 0.3 is 0 Å². The minimum atomic E-state index is -0.546. The molecule has 27 heavy (non-hydrogen) atoms. The molecular weight excluding hydrogens is 348 g/mol. The van der Waals surface area contributed by atoms with E-state index in [4.69, 9.17) is 0 Å². The fraction of sp³-hybridized carbons (Fsp3) is 0.526. The molecule has 0 bridgehead atoms. The van der Waals surface area contributed by atoms with Gasteiger partial charge in [0.05, 0.1) is 22.2 Å². The van der Waals surface area contributed by atoms with Gasteiger partial charge in [0.25, 0.3) is 11.2 Å². The number of fused-ring (bicyclic) bond motifs is 2. The summed E-state index contributed by atoms with van der Waals surface area (Å²) in [4.78, 5) is 41.9. The number of nitro benzene ring substituents is 1. The molecule has 2 aromatic rings. The van der Waals surface area contributed by atoms with Crippen LogP contribution in [0.25, 0.3) is 10.9 Å². The van der Waals surface area contributed by atoms with Gasteiger partial charge in [0, 0.05) is 25.2 Å². The fourth-order valence-electron chi connectivity index (χ4n) is 4.45. The number of benzene rings is 1. The highest BCUT2D eigenvalue weighted by Gasteiger charge is 2.32. The Bertz CT molecular complexity index is 954. The first kappa shape index (κ1) is 17.6. The normalized spacial score (nSPS) is 22.4. The molecule has 1 aliphatic carbocycles. The van der Waals surface area contributed by atoms with E-state index in [9.17, 15) is 19.7 Å². The summed E-state index contributed by atoms with van der Waals surface area (Å²) in [5.74, 6) is 1.21. The average molecular weight is 370 g/mol. The van der Waals surface area contributed by atoms with Crippen molar-refractivity contribution < 1.29 is 9.72 Å². The third kappa shape index (κ3) is 3.43. The Kier molecular flexibility index (Phi) is 4.63. The maximum Gasteiger partial charge on any atom is 0.270 e. The zero-order valence-corrected chi connectivity index (χ0v) is 15.0. The van der Waals surface area contributed by atoms with Gasteiger partial charge in [0.15, 0.2) is 0 Å². The Labute approximate surface area is 156 Å². The van der Waals surface area contributed by atoms with Crippen molar-refractivity contribution in [3.05, 3.63) is 45.0 Å². The van der Waals surface area contributed by atoms with Gasteiger partial charge in [-0.25, -0.2) is 4.98 Å². The lowest BCUT2D eigenvalue weighted by Gasteiger charge is -2.41. The summed E-state index contributed by atoms with van der Waals surface area (Å²) in [6.07, 6.45) is 7.35. The molecule has 8 heteroatoms. The van der Waals surface area contributed by atoms with Crippen LogP contribution >= 0.6 is 0 Å². The van der Waals surface area contributed by atoms with Gasteiger partial charge in [0.2, 0.25) is 5.91 Å². The highest BCUT2D eigenvalue weighted by atomic mass is 16.6. The van der Waals surface area contributed by atoms with E-state index < -0.39 is 10.5 Å². The van der Waals surface area contributed by atoms with Crippen molar-refractivity contribution in [2.45, 2.75) is 38.6 Å². The summed E-state index contributed by atoms with van der Waals surface area (Å²) in [5.41, 5.74) is -0.202. The number of piperidine rings is 1. The maximum atomic E-state index is 12.7. The molecular formula is C19H22N4O4. The number of likely N-dealkylation sites (tertiary alicyclic amines) is 1. The third-order valence-electron chi connectivity index (χ3n) is 5.97. The van der Waals surface area contributed by atoms with Gasteiger partial charge in [-0.15, -0.1) is 0 Å². The van der Waals surface area contributed by atoms with Crippen LogP contribution in [0.4, 0.5) is 5.69 Å². The molecule has 2 heterocycles. The molecule has 0 unspecified atom stereocenters. The molecule has 1 saturated heterocycles. The van der Waals surface area contributed by atoms with E-state index in [1.54, 1.807) is 0 Å². The molecule has 1 amide bonds. The highest BCUT2D eigenvalue weighted by Crippen LogP contribution is 2.36. The molecule has 4 rings (SSSR count). The van der Waals surface area contributed by atoms with Crippen LogP contribution in [0, 0.1) is 22.0 Å². The Morgan fingerprint density at radius 2 is 2.00 bits per heavy atom. The van der Waals surface area contributed by atoms with E-state index in [0.717, 1.165) is 25.4 Å². The molecule has 0 radical (unpaired) electrons. The lowest BCUT2D eigenvalue weighted by atomic mass is 9.75. The van der Waals surface area contributed by atoms with Gasteiger partial charge in [-0.2, -0.15) is 0 Å². The van der Waals surface area contributed by atoms with Crippen molar-refractivity contribution in [1.29, 1.82) is 0 Å². The second kappa shape index (κ2) is 7.09. The zero-order chi connectivity index (χ0) is 19.0. The number of nitrogens with zero attached hydrogens (tertiary/aromatic N) is 4. The molecule has 1 aliphatic heterocycles. The van der Waals surface area contributed by atoms with Crippen LogP contribution in [0.1, 0.15) is 32.1 Å². The minimum absolute atomic E-state index is 0.0815. The minimum Gasteiger partial charge on any atom is -0.341 e. The number of aromatic nitrogens is 2. The second-order valence-electron chi connectivity index (χ2n) is 7.57. The van der Waals surface area contributed by atoms with E-state index in [1.165, 1.54) is 54.8 Å². The van der Waals surface area contributed by atoms with Crippen LogP contribution < -0.4 is 5.56 Å². The summed E-state index contributed by atoms with van der Waals surface area (Å²) < 4.78 is 1.25. The second-order valence-corrected chi connectivity index (χ2v) is 7.57. The van der Waals surface area contributed by atoms with Crippen molar-refractivity contribution in [1.82, 2.24) is 14.5 Å². The van der Waals surface area contributed by atoms with E-state index in [-0.39, 0.29) is 23.5 Å². The molecule has 2 atom stereocenters. The van der Waals surface area contributed by atoms with Gasteiger partial charge in [0.1, 0.15) is 6.54 Å². The number of nitro groups is 1. The number of hydrogen-bond acceptors (Lipinski definition) is 5. The summed E-state index contributed by atoms with van der Waals surface area (Å²) in [7, 11) is 0. The van der Waals surface area contributed by atoms with Crippen LogP contribution in [0.2, 0.25) is 0 Å². The number of carbonyl (C=O) groups excluding carboxylic acids is 1. The van der Waals surface area contributed by atoms with E-state index in [0.29, 0.717) is 11.4 Å². The fourth-order valence-corrected chi connectivity index (χ4v) is 4.45. The predicted octanol–water partition coefficient (Wildman–Crippen LogP) is 2.34. The van der Waals surface area contributed by atoms with Crippen molar-refractivity contribution in [2.75, 3.05) is 13.1 Å². The molecule has 0 spiro atoms. The highest BCUT2D eigenvalue weighted by molar-refractivity contribution is 5.81. The smallest absolute Gasteiger partial charge is 0.270 e. The first-order chi connectivity index (χ1) is 13.0. The molecule has 2 aliphatic rings. The van der Waals surface area contributed by atoms with Gasteiger partial charge < -0.3 is 4.90 Å². The summed E-state index contributed by atoms with van der Waals surface area (Å²) in [6.45, 7) is 1.42. The van der Waals surface area contributed by atoms with Crippen LogP contribution in [0.5, 0.6) is 0 Å². The maximum absolute atomic E-state index is 12.7. The predicted molar refractivity (Wildman–Crippen MR) is 99.3 cm³/mol. The summed E-state index contributed by atoms with van der Waals surface area (Å²) in [5, 5.41) is 11.1. The summed E-state index contributed by atoms with van der Waals surface area (Å²) >= 11 is 0. The SMILES string of the molecule is O=C(Cn1cnc2ccc([N+](=O)[O-])cc2c1=O)N1CC[C@@H]2CCCC[C@H]2C1. The quantitative estimate of drug-likeness (QED) is 0.610. The Morgan fingerprint density at radius 1 is 1.22 bits per heavy atom. The standard InChI is InChI=1S/C19H22N4O4/c24-18(21-8-7-13-3-1-2-4-14(13)10-21)11-22-12-20-17-6-5-15(23(26)27)9-16(17)19(22)25/h5-6,9,12-14H,1-4,7-8,10-11H2/t13-,14-/m0/s1. The van der Waals surface area contributed by atoms with E-state index >= 15 is 0 Å². The number of hydrogen-bond donors (Lipinski definition) is 0.